The summed E-state index contributed by atoms with van der Waals surface area (Å²) < 4.78 is 1.94. The predicted octanol–water partition coefficient (Wildman–Crippen LogP) is 1.85. The van der Waals surface area contributed by atoms with Gasteiger partial charge in [0, 0.05) is 36.7 Å². The molecule has 6 nitrogen and oxygen atoms in total. The first kappa shape index (κ1) is 17.2. The maximum absolute atomic E-state index is 12.4. The number of likely N-dealkylation sites (tertiary alicyclic amines) is 1. The average molecular weight is 370 g/mol. The van der Waals surface area contributed by atoms with E-state index in [4.69, 9.17) is 0 Å². The topological polar surface area (TPSA) is 70.4 Å². The second-order valence-corrected chi connectivity index (χ2v) is 7.47. The Kier molecular flexibility index (Phi) is 5.01. The Morgan fingerprint density at radius 2 is 2.23 bits per heavy atom. The molecule has 3 aromatic rings. The lowest BCUT2D eigenvalue weighted by Crippen LogP contribution is -2.54. The van der Waals surface area contributed by atoms with Gasteiger partial charge < -0.3 is 15.0 Å². The van der Waals surface area contributed by atoms with E-state index in [-0.39, 0.29) is 18.5 Å². The number of thiazole rings is 1. The zero-order chi connectivity index (χ0) is 17.9. The molecule has 0 spiro atoms. The monoisotopic (exact) mass is 370 g/mol. The van der Waals surface area contributed by atoms with Crippen LogP contribution in [0.4, 0.5) is 0 Å². The molecule has 3 heterocycles. The number of hydrogen-bond acceptors (Lipinski definition) is 5. The number of aliphatic hydroxyl groups excluding tert-OH is 1. The van der Waals surface area contributed by atoms with Crippen LogP contribution in [0.2, 0.25) is 0 Å². The summed E-state index contributed by atoms with van der Waals surface area (Å²) in [6, 6.07) is 9.81. The van der Waals surface area contributed by atoms with Gasteiger partial charge in [0.25, 0.3) is 0 Å². The number of rotatable bonds is 5. The molecule has 1 amide bonds. The van der Waals surface area contributed by atoms with Crippen LogP contribution in [0.1, 0.15) is 12.1 Å². The minimum absolute atomic E-state index is 0.0663. The molecule has 4 rings (SSSR count). The van der Waals surface area contributed by atoms with Crippen molar-refractivity contribution in [3.8, 4) is 0 Å². The molecule has 0 radical (unpaired) electrons. The second-order valence-electron chi connectivity index (χ2n) is 6.75. The minimum atomic E-state index is -0.562. The van der Waals surface area contributed by atoms with Crippen LogP contribution < -0.4 is 5.32 Å². The number of nitrogens with one attached hydrogen (secondary N) is 1. The van der Waals surface area contributed by atoms with E-state index in [2.05, 4.69) is 15.2 Å². The number of fused-ring (bicyclic) bond motifs is 1. The van der Waals surface area contributed by atoms with Crippen LogP contribution in [-0.2, 0) is 17.9 Å². The van der Waals surface area contributed by atoms with E-state index in [1.54, 1.807) is 11.3 Å². The van der Waals surface area contributed by atoms with E-state index in [1.807, 2.05) is 52.0 Å². The molecule has 0 bridgehead atoms. The Morgan fingerprint density at radius 1 is 1.35 bits per heavy atom. The Labute approximate surface area is 156 Å². The highest BCUT2D eigenvalue weighted by molar-refractivity contribution is 7.07. The summed E-state index contributed by atoms with van der Waals surface area (Å²) in [4.78, 5) is 18.9. The third-order valence-corrected chi connectivity index (χ3v) is 5.51. The third kappa shape index (κ3) is 3.80. The number of amides is 1. The number of aliphatic hydroxyl groups is 1. The number of para-hydroxylation sites is 1. The first-order valence-electron chi connectivity index (χ1n) is 8.80. The van der Waals surface area contributed by atoms with Crippen molar-refractivity contribution >= 4 is 28.1 Å². The summed E-state index contributed by atoms with van der Waals surface area (Å²) in [6.45, 7) is 2.40. The van der Waals surface area contributed by atoms with E-state index in [9.17, 15) is 9.90 Å². The highest BCUT2D eigenvalue weighted by Crippen LogP contribution is 2.16. The maximum Gasteiger partial charge on any atom is 0.240 e. The van der Waals surface area contributed by atoms with Crippen LogP contribution in [0.25, 0.3) is 10.9 Å². The highest BCUT2D eigenvalue weighted by atomic mass is 32.1. The molecule has 0 aliphatic carbocycles. The van der Waals surface area contributed by atoms with Gasteiger partial charge in [0.15, 0.2) is 0 Å². The first-order chi connectivity index (χ1) is 12.7. The van der Waals surface area contributed by atoms with E-state index in [0.717, 1.165) is 36.1 Å². The Bertz CT molecular complexity index is 877. The number of hydrogen-bond donors (Lipinski definition) is 2. The van der Waals surface area contributed by atoms with Crippen LogP contribution in [0.5, 0.6) is 0 Å². The number of β-amino-alcohol motifs (C(OH)–C–C–N with tert-alkyl or cyclic N) is 1. The number of carbonyl (C=O) groups is 1. The summed E-state index contributed by atoms with van der Waals surface area (Å²) in [5, 5.41) is 16.6. The minimum Gasteiger partial charge on any atom is -0.390 e. The normalized spacial score (nSPS) is 21.1. The molecule has 1 saturated heterocycles. The molecule has 1 aromatic carbocycles. The largest absolute Gasteiger partial charge is 0.390 e. The number of aromatic nitrogens is 2. The van der Waals surface area contributed by atoms with Crippen molar-refractivity contribution in [3.05, 3.63) is 53.1 Å². The molecule has 0 saturated carbocycles. The van der Waals surface area contributed by atoms with Gasteiger partial charge in [0.05, 0.1) is 23.4 Å². The zero-order valence-electron chi connectivity index (χ0n) is 14.4. The van der Waals surface area contributed by atoms with E-state index < -0.39 is 6.10 Å². The fraction of sp³-hybridized carbons (Fsp3) is 0.368. The van der Waals surface area contributed by atoms with E-state index in [0.29, 0.717) is 6.54 Å². The van der Waals surface area contributed by atoms with Crippen LogP contribution in [-0.4, -0.2) is 50.7 Å². The second kappa shape index (κ2) is 7.57. The maximum atomic E-state index is 12.4. The van der Waals surface area contributed by atoms with Crippen LogP contribution in [0.15, 0.2) is 47.4 Å². The van der Waals surface area contributed by atoms with Gasteiger partial charge in [-0.1, -0.05) is 18.2 Å². The molecule has 2 atom stereocenters. The summed E-state index contributed by atoms with van der Waals surface area (Å²) in [5.74, 6) is -0.0663. The summed E-state index contributed by atoms with van der Waals surface area (Å²) in [7, 11) is 0. The smallest absolute Gasteiger partial charge is 0.240 e. The Morgan fingerprint density at radius 3 is 3.04 bits per heavy atom. The molecular formula is C19H22N4O2S. The Hall–Kier alpha value is -2.22. The van der Waals surface area contributed by atoms with E-state index in [1.165, 1.54) is 0 Å². The van der Waals surface area contributed by atoms with Gasteiger partial charge in [-0.25, -0.2) is 4.98 Å². The lowest BCUT2D eigenvalue weighted by atomic mass is 10.0. The fourth-order valence-electron chi connectivity index (χ4n) is 3.54. The summed E-state index contributed by atoms with van der Waals surface area (Å²) in [5.41, 5.74) is 3.90. The summed E-state index contributed by atoms with van der Waals surface area (Å²) in [6.07, 6.45) is 2.10. The molecule has 26 heavy (non-hydrogen) atoms. The van der Waals surface area contributed by atoms with Gasteiger partial charge in [0.2, 0.25) is 5.91 Å². The SMILES string of the molecule is O=C(Cn1ccc2ccccc21)N[C@@H]1CCN(Cc2cscn2)C[C@H]1O. The lowest BCUT2D eigenvalue weighted by Gasteiger charge is -2.36. The highest BCUT2D eigenvalue weighted by Gasteiger charge is 2.29. The van der Waals surface area contributed by atoms with Gasteiger partial charge in [0.1, 0.15) is 6.54 Å². The zero-order valence-corrected chi connectivity index (χ0v) is 15.2. The molecule has 1 aliphatic rings. The number of benzene rings is 1. The van der Waals surface area contributed by atoms with Crippen LogP contribution in [0.3, 0.4) is 0 Å². The van der Waals surface area contributed by atoms with E-state index >= 15 is 0 Å². The molecule has 1 aliphatic heterocycles. The number of carbonyl (C=O) groups excluding carboxylic acids is 1. The van der Waals surface area contributed by atoms with Gasteiger partial charge >= 0.3 is 0 Å². The average Bonchev–Trinajstić information content (AvgIpc) is 3.28. The van der Waals surface area contributed by atoms with Crippen molar-refractivity contribution in [3.63, 3.8) is 0 Å². The Balaban J connectivity index is 1.32. The van der Waals surface area contributed by atoms with Gasteiger partial charge in [-0.15, -0.1) is 11.3 Å². The van der Waals surface area contributed by atoms with Gasteiger partial charge in [-0.2, -0.15) is 0 Å². The van der Waals surface area contributed by atoms with Crippen molar-refractivity contribution < 1.29 is 9.90 Å². The molecule has 1 fully saturated rings. The molecule has 7 heteroatoms. The third-order valence-electron chi connectivity index (χ3n) is 4.88. The van der Waals surface area contributed by atoms with Crippen molar-refractivity contribution in [1.29, 1.82) is 0 Å². The van der Waals surface area contributed by atoms with Crippen molar-refractivity contribution in [2.45, 2.75) is 31.7 Å². The van der Waals surface area contributed by atoms with Crippen molar-refractivity contribution in [1.82, 2.24) is 19.8 Å². The fourth-order valence-corrected chi connectivity index (χ4v) is 4.09. The molecule has 136 valence electrons. The van der Waals surface area contributed by atoms with Crippen molar-refractivity contribution in [2.75, 3.05) is 13.1 Å². The lowest BCUT2D eigenvalue weighted by molar-refractivity contribution is -0.123. The number of nitrogens with zero attached hydrogens (tertiary/aromatic N) is 3. The van der Waals surface area contributed by atoms with Crippen molar-refractivity contribution in [2.24, 2.45) is 0 Å². The number of piperidine rings is 1. The predicted molar refractivity (Wildman–Crippen MR) is 102 cm³/mol. The molecule has 0 unspecified atom stereocenters. The summed E-state index contributed by atoms with van der Waals surface area (Å²) >= 11 is 1.58. The van der Waals surface area contributed by atoms with Gasteiger partial charge in [-0.3, -0.25) is 9.69 Å². The quantitative estimate of drug-likeness (QED) is 0.719. The first-order valence-corrected chi connectivity index (χ1v) is 9.74. The molecule has 2 N–H and O–H groups in total. The van der Waals surface area contributed by atoms with Crippen LogP contribution >= 0.6 is 11.3 Å². The van der Waals surface area contributed by atoms with Crippen LogP contribution in [0, 0.1) is 0 Å². The van der Waals surface area contributed by atoms with Gasteiger partial charge in [-0.05, 0) is 23.9 Å². The standard InChI is InChI=1S/C19H22N4O2S/c24-18-10-22(9-15-12-26-13-20-15)7-6-16(18)21-19(25)11-23-8-5-14-3-1-2-4-17(14)23/h1-5,8,12-13,16,18,24H,6-7,9-11H2,(H,21,25)/t16-,18-/m1/s1. The molecule has 2 aromatic heterocycles. The molecular weight excluding hydrogens is 348 g/mol.